The highest BCUT2D eigenvalue weighted by Gasteiger charge is 2.35. The topological polar surface area (TPSA) is 363 Å². The van der Waals surface area contributed by atoms with E-state index in [1.807, 2.05) is 13.8 Å². The highest BCUT2D eigenvalue weighted by molar-refractivity contribution is 7.15. The molecule has 2 aliphatic rings. The highest BCUT2D eigenvalue weighted by Crippen LogP contribution is 2.41. The number of aliphatic hydroxyl groups is 1. The van der Waals surface area contributed by atoms with Crippen LogP contribution in [0.4, 0.5) is 10.6 Å². The standard InChI is InChI=1S/C60H64N14O12S6/c1-29(2)44-58-72-47(39(92-58)24-86-5)51(81)62-23-42(76)69-48(49(79)31-12-8-6-9-13-31)57-67-38(27-89-57)55-65-36(25-88-55)46-33(53-66-37(26-87-53)50(80)64-35(22-41(75)61-4)56-71-45(30(3)91-56)52(82)70-44)15-16-34(63-46)54-68-40(28-90-54)74(19-11-7-10-14-43(77)78)60(85)73-20-17-32(18-21-73)59(83)84/h6,8-9,12-13,15-16,25-29,32,35,44,48-49,79H,7,10-11,14,17-24H2,1-5H3,(H,61,75)(H,62,81)(H,64,80)(H,69,76)(H,70,82)(H,77,78)(H,83,84)/t35-,44-,48-,49-/m0/s1. The first-order valence-electron chi connectivity index (χ1n) is 29.2. The minimum atomic E-state index is -1.30. The zero-order valence-corrected chi connectivity index (χ0v) is 55.2. The predicted octanol–water partition coefficient (Wildman–Crippen LogP) is 8.68. The van der Waals surface area contributed by atoms with Gasteiger partial charge in [0.1, 0.15) is 82.2 Å². The molecule has 92 heavy (non-hydrogen) atoms. The Morgan fingerprint density at radius 2 is 1.41 bits per heavy atom. The van der Waals surface area contributed by atoms with Gasteiger partial charge in [-0.1, -0.05) is 50.6 Å². The number of pyridine rings is 1. The van der Waals surface area contributed by atoms with Crippen molar-refractivity contribution >= 4 is 121 Å². The predicted molar refractivity (Wildman–Crippen MR) is 348 cm³/mol. The number of methoxy groups -OCH3 is 1. The smallest absolute Gasteiger partial charge is 0.325 e. The lowest BCUT2D eigenvalue weighted by molar-refractivity contribution is -0.143. The summed E-state index contributed by atoms with van der Waals surface area (Å²) in [5.41, 5.74) is 2.47. The van der Waals surface area contributed by atoms with Gasteiger partial charge in [0, 0.05) is 72.2 Å². The Labute approximate surface area is 551 Å². The Morgan fingerprint density at radius 1 is 0.707 bits per heavy atom. The van der Waals surface area contributed by atoms with Gasteiger partial charge in [-0.2, -0.15) is 0 Å². The fourth-order valence-corrected chi connectivity index (χ4v) is 15.8. The second-order valence-corrected chi connectivity index (χ2v) is 27.7. The van der Waals surface area contributed by atoms with E-state index in [-0.39, 0.29) is 73.1 Å². The van der Waals surface area contributed by atoms with E-state index in [2.05, 4.69) is 26.6 Å². The summed E-state index contributed by atoms with van der Waals surface area (Å²) in [5, 5.41) is 54.0. The van der Waals surface area contributed by atoms with Gasteiger partial charge < -0.3 is 51.5 Å². The number of rotatable bonds is 16. The van der Waals surface area contributed by atoms with Crippen molar-refractivity contribution < 1.29 is 58.4 Å². The average Bonchev–Trinajstić information content (AvgIpc) is 1.61. The molecule has 10 rings (SSSR count). The molecule has 1 fully saturated rings. The van der Waals surface area contributed by atoms with E-state index in [4.69, 9.17) is 39.6 Å². The number of nitrogens with one attached hydrogen (secondary N) is 5. The lowest BCUT2D eigenvalue weighted by Gasteiger charge is -2.34. The van der Waals surface area contributed by atoms with Crippen LogP contribution in [0.5, 0.6) is 0 Å². The molecule has 7 aromatic heterocycles. The molecule has 482 valence electrons. The summed E-state index contributed by atoms with van der Waals surface area (Å²) in [6, 6.07) is 9.00. The number of aliphatic hydroxyl groups excluding tert-OH is 1. The van der Waals surface area contributed by atoms with E-state index < -0.39 is 78.2 Å². The van der Waals surface area contributed by atoms with Crippen LogP contribution in [-0.4, -0.2) is 143 Å². The fourth-order valence-electron chi connectivity index (χ4n) is 10.2. The van der Waals surface area contributed by atoms with Gasteiger partial charge in [0.2, 0.25) is 11.8 Å². The monoisotopic (exact) mass is 1360 g/mol. The maximum atomic E-state index is 14.4. The van der Waals surface area contributed by atoms with Gasteiger partial charge in [0.25, 0.3) is 17.7 Å². The number of aryl methyl sites for hydroxylation is 1. The number of thiazole rings is 6. The third-order valence-corrected chi connectivity index (χ3v) is 20.8. The third kappa shape index (κ3) is 15.6. The van der Waals surface area contributed by atoms with Crippen LogP contribution in [0.25, 0.3) is 43.4 Å². The highest BCUT2D eigenvalue weighted by atomic mass is 32.1. The summed E-state index contributed by atoms with van der Waals surface area (Å²) in [6.45, 7) is 5.58. The Kier molecular flexibility index (Phi) is 21.7. The number of ether oxygens (including phenoxy) is 1. The van der Waals surface area contributed by atoms with E-state index in [9.17, 15) is 53.7 Å². The van der Waals surface area contributed by atoms with Crippen molar-refractivity contribution in [1.29, 1.82) is 0 Å². The number of nitrogens with zero attached hydrogens (tertiary/aromatic N) is 9. The van der Waals surface area contributed by atoms with E-state index in [0.717, 1.165) is 34.0 Å². The first kappa shape index (κ1) is 66.5. The van der Waals surface area contributed by atoms with Crippen LogP contribution in [0.2, 0.25) is 0 Å². The molecule has 2 aliphatic heterocycles. The molecule has 8 N–H and O–H groups in total. The molecule has 8 aromatic rings. The number of aliphatic carboxylic acids is 2. The van der Waals surface area contributed by atoms with Crippen molar-refractivity contribution in [3.63, 3.8) is 0 Å². The first-order valence-corrected chi connectivity index (χ1v) is 34.4. The van der Waals surface area contributed by atoms with E-state index in [0.29, 0.717) is 107 Å². The van der Waals surface area contributed by atoms with E-state index in [1.165, 1.54) is 53.1 Å². The van der Waals surface area contributed by atoms with Crippen molar-refractivity contribution in [3.05, 3.63) is 111 Å². The maximum Gasteiger partial charge on any atom is 0.325 e. The Balaban J connectivity index is 1.04. The minimum absolute atomic E-state index is 0.000900. The minimum Gasteiger partial charge on any atom is -0.481 e. The number of carbonyl (C=O) groups excluding carboxylic acids is 6. The number of amides is 7. The van der Waals surface area contributed by atoms with Crippen molar-refractivity contribution in [3.8, 4) is 43.4 Å². The summed E-state index contributed by atoms with van der Waals surface area (Å²) in [6.07, 6.45) is 0.425. The number of likely N-dealkylation sites (tertiary alicyclic amines) is 1. The molecule has 0 radical (unpaired) electrons. The van der Waals surface area contributed by atoms with Crippen LogP contribution < -0.4 is 31.5 Å². The van der Waals surface area contributed by atoms with Crippen molar-refractivity contribution in [2.24, 2.45) is 11.8 Å². The van der Waals surface area contributed by atoms with E-state index >= 15 is 0 Å². The van der Waals surface area contributed by atoms with Crippen molar-refractivity contribution in [2.45, 2.75) is 96.6 Å². The molecule has 9 heterocycles. The van der Waals surface area contributed by atoms with Crippen molar-refractivity contribution in [2.75, 3.05) is 45.2 Å². The summed E-state index contributed by atoms with van der Waals surface area (Å²) >= 11 is 7.09. The normalized spacial score (nSPS) is 17.1. The Morgan fingerprint density at radius 3 is 2.14 bits per heavy atom. The second kappa shape index (κ2) is 29.9. The lowest BCUT2D eigenvalue weighted by Crippen LogP contribution is -2.48. The number of fused-ring (bicyclic) bond motifs is 14. The van der Waals surface area contributed by atoms with E-state index in [1.54, 1.807) is 75.8 Å². The molecule has 1 saturated heterocycles. The number of benzene rings is 1. The summed E-state index contributed by atoms with van der Waals surface area (Å²) in [7, 11) is 2.93. The largest absolute Gasteiger partial charge is 0.481 e. The molecule has 1 aromatic carbocycles. The molecule has 4 atom stereocenters. The van der Waals surface area contributed by atoms with Gasteiger partial charge in [-0.15, -0.1) is 68.0 Å². The molecule has 10 bridgehead atoms. The number of unbranched alkanes of at least 4 members (excludes halogenated alkanes) is 2. The molecule has 0 spiro atoms. The van der Waals surface area contributed by atoms with Crippen LogP contribution in [0.1, 0.15) is 145 Å². The number of urea groups is 1. The maximum absolute atomic E-state index is 14.4. The van der Waals surface area contributed by atoms with Crippen LogP contribution in [-0.2, 0) is 30.5 Å². The number of hydrogen-bond donors (Lipinski definition) is 8. The van der Waals surface area contributed by atoms with Gasteiger partial charge in [-0.25, -0.2) is 39.7 Å². The molecule has 0 saturated carbocycles. The Bertz CT molecular complexity index is 4020. The molecule has 0 unspecified atom stereocenters. The van der Waals surface area contributed by atoms with Crippen molar-refractivity contribution in [1.82, 2.24) is 66.4 Å². The third-order valence-electron chi connectivity index (χ3n) is 15.1. The van der Waals surface area contributed by atoms with Gasteiger partial charge in [0.15, 0.2) is 0 Å². The van der Waals surface area contributed by atoms with Crippen LogP contribution in [0, 0.1) is 18.8 Å². The SMILES string of the molecule is CNC(=O)C[C@@H]1NC(=O)c2csc(n2)-c2ccc(-c3nc(N(CCCCCC(=O)O)C(=O)N4CCC(C(=O)O)CC4)cs3)nc2-c2csc(n2)-c2csc(n2)[C@H]([C@@H](O)c2ccccc2)NC(=O)CNC(=O)c2nc(sc2COC)[C@H](C(C)C)NC(=O)c2nc1sc2C. The molecule has 32 heteroatoms. The summed E-state index contributed by atoms with van der Waals surface area (Å²) in [4.78, 5) is 146. The summed E-state index contributed by atoms with van der Waals surface area (Å²) in [5.74, 6) is -5.31. The quantitative estimate of drug-likeness (QED) is 0.0419. The fraction of sp³-hybridized carbons (Fsp3) is 0.383. The summed E-state index contributed by atoms with van der Waals surface area (Å²) < 4.78 is 5.46. The zero-order chi connectivity index (χ0) is 65.3. The molecular formula is C60H64N14O12S6. The Hall–Kier alpha value is -8.37. The number of aromatic nitrogens is 7. The number of anilines is 1. The second-order valence-electron chi connectivity index (χ2n) is 21.9. The number of hydrogen-bond acceptors (Lipinski definition) is 23. The first-order chi connectivity index (χ1) is 44.3. The van der Waals surface area contributed by atoms with Gasteiger partial charge in [0.05, 0.1) is 48.1 Å². The van der Waals surface area contributed by atoms with Gasteiger partial charge in [-0.3, -0.25) is 38.5 Å². The van der Waals surface area contributed by atoms with Crippen LogP contribution in [0.15, 0.2) is 64.0 Å². The number of carboxylic acid groups (broad SMARTS) is 2. The molecular weight excluding hydrogens is 1300 g/mol. The lowest BCUT2D eigenvalue weighted by atomic mass is 9.97. The van der Waals surface area contributed by atoms with Crippen LogP contribution >= 0.6 is 68.0 Å². The number of carboxylic acids is 2. The average molecular weight is 1370 g/mol. The molecule has 7 amide bonds. The number of carbonyl (C=O) groups is 8. The molecule has 26 nitrogen and oxygen atoms in total. The molecule has 0 aliphatic carbocycles. The van der Waals surface area contributed by atoms with Gasteiger partial charge >= 0.3 is 18.0 Å². The van der Waals surface area contributed by atoms with Crippen LogP contribution in [0.3, 0.4) is 0 Å². The van der Waals surface area contributed by atoms with Gasteiger partial charge in [-0.05, 0) is 56.2 Å². The number of piperidine rings is 1. The zero-order valence-electron chi connectivity index (χ0n) is 50.3.